The molecule has 0 aliphatic heterocycles. The molecule has 0 bridgehead atoms. The van der Waals surface area contributed by atoms with E-state index in [4.69, 9.17) is 14.2 Å². The second-order valence-corrected chi connectivity index (χ2v) is 7.23. The Morgan fingerprint density at radius 3 is 2.59 bits per heavy atom. The molecule has 0 heterocycles. The molecule has 1 aliphatic rings. The molecule has 9 heteroatoms. The molecule has 0 saturated heterocycles. The van der Waals surface area contributed by atoms with Crippen molar-refractivity contribution in [3.05, 3.63) is 27.8 Å². The molecular weight excluding hydrogens is 380 g/mol. The van der Waals surface area contributed by atoms with Gasteiger partial charge in [-0.3, -0.25) is 14.9 Å². The van der Waals surface area contributed by atoms with Crippen LogP contribution in [0.5, 0.6) is 11.5 Å². The Balaban J connectivity index is 2.08. The maximum absolute atomic E-state index is 12.4. The van der Waals surface area contributed by atoms with Crippen LogP contribution < -0.4 is 14.8 Å². The molecule has 1 amide bonds. The van der Waals surface area contributed by atoms with Crippen molar-refractivity contribution in [3.63, 3.8) is 0 Å². The van der Waals surface area contributed by atoms with E-state index in [9.17, 15) is 19.7 Å². The minimum atomic E-state index is -0.972. The molecule has 1 fully saturated rings. The fraction of sp³-hybridized carbons (Fsp3) is 0.600. The molecule has 2 rings (SSSR count). The van der Waals surface area contributed by atoms with Gasteiger partial charge in [0.1, 0.15) is 5.56 Å². The van der Waals surface area contributed by atoms with Crippen LogP contribution in [0.4, 0.5) is 5.69 Å². The van der Waals surface area contributed by atoms with Crippen LogP contribution in [0.1, 0.15) is 50.4 Å². The van der Waals surface area contributed by atoms with Crippen molar-refractivity contribution in [1.82, 2.24) is 5.32 Å². The van der Waals surface area contributed by atoms with Gasteiger partial charge >= 0.3 is 5.97 Å². The minimum absolute atomic E-state index is 0.0323. The highest BCUT2D eigenvalue weighted by Gasteiger charge is 2.29. The van der Waals surface area contributed by atoms with Gasteiger partial charge in [-0.25, -0.2) is 4.79 Å². The van der Waals surface area contributed by atoms with Crippen molar-refractivity contribution in [2.24, 2.45) is 11.8 Å². The number of nitro groups is 1. The van der Waals surface area contributed by atoms with E-state index in [1.54, 1.807) is 6.92 Å². The molecule has 1 saturated carbocycles. The summed E-state index contributed by atoms with van der Waals surface area (Å²) in [6, 6.07) is 2.34. The molecule has 29 heavy (non-hydrogen) atoms. The molecule has 0 aromatic heterocycles. The predicted molar refractivity (Wildman–Crippen MR) is 105 cm³/mol. The summed E-state index contributed by atoms with van der Waals surface area (Å²) in [7, 11) is 1.34. The van der Waals surface area contributed by atoms with Crippen LogP contribution in [-0.4, -0.2) is 43.2 Å². The number of hydrogen-bond donors (Lipinski definition) is 1. The summed E-state index contributed by atoms with van der Waals surface area (Å²) >= 11 is 0. The number of rotatable bonds is 8. The van der Waals surface area contributed by atoms with Gasteiger partial charge in [0.25, 0.3) is 11.6 Å². The molecule has 0 unspecified atom stereocenters. The van der Waals surface area contributed by atoms with E-state index in [2.05, 4.69) is 19.2 Å². The Kier molecular flexibility index (Phi) is 7.81. The number of esters is 1. The Morgan fingerprint density at radius 1 is 1.24 bits per heavy atom. The normalized spacial score (nSPS) is 21.2. The van der Waals surface area contributed by atoms with Crippen molar-refractivity contribution in [3.8, 4) is 11.5 Å². The van der Waals surface area contributed by atoms with E-state index in [1.165, 1.54) is 13.2 Å². The summed E-state index contributed by atoms with van der Waals surface area (Å²) in [5, 5.41) is 14.3. The van der Waals surface area contributed by atoms with E-state index >= 15 is 0 Å². The second kappa shape index (κ2) is 10.1. The molecule has 160 valence electrons. The van der Waals surface area contributed by atoms with Crippen molar-refractivity contribution in [1.29, 1.82) is 0 Å². The summed E-state index contributed by atoms with van der Waals surface area (Å²) in [6.45, 7) is 5.75. The highest BCUT2D eigenvalue weighted by molar-refractivity contribution is 5.96. The molecule has 9 nitrogen and oxygen atoms in total. The van der Waals surface area contributed by atoms with Crippen LogP contribution in [-0.2, 0) is 9.53 Å². The second-order valence-electron chi connectivity index (χ2n) is 7.23. The lowest BCUT2D eigenvalue weighted by Gasteiger charge is -2.34. The summed E-state index contributed by atoms with van der Waals surface area (Å²) in [5.41, 5.74) is -0.780. The zero-order valence-corrected chi connectivity index (χ0v) is 17.2. The van der Waals surface area contributed by atoms with E-state index in [0.29, 0.717) is 11.8 Å². The molecule has 0 radical (unpaired) electrons. The topological polar surface area (TPSA) is 117 Å². The molecule has 1 aromatic carbocycles. The fourth-order valence-corrected chi connectivity index (χ4v) is 3.53. The fourth-order valence-electron chi connectivity index (χ4n) is 3.53. The number of amides is 1. The third kappa shape index (κ3) is 5.58. The molecular formula is C20H28N2O7. The Hall–Kier alpha value is -2.84. The number of benzene rings is 1. The van der Waals surface area contributed by atoms with Gasteiger partial charge in [-0.15, -0.1) is 0 Å². The van der Waals surface area contributed by atoms with Crippen LogP contribution in [0, 0.1) is 22.0 Å². The Labute approximate surface area is 169 Å². The lowest BCUT2D eigenvalue weighted by atomic mass is 9.78. The highest BCUT2D eigenvalue weighted by Crippen LogP contribution is 2.35. The number of carbonyl (C=O) groups is 2. The standard InChI is InChI=1S/C20H28N2O7/c1-5-28-18-9-14(16(22(25)26)10-17(18)27-4)20(24)29-11-19(23)21-15-8-6-7-12(2)13(15)3/h9-10,12-13,15H,5-8,11H2,1-4H3,(H,21,23)/t12-,13-,15+/m0/s1. The van der Waals surface area contributed by atoms with E-state index in [1.807, 2.05) is 0 Å². The first kappa shape index (κ1) is 22.4. The lowest BCUT2D eigenvalue weighted by Crippen LogP contribution is -2.45. The van der Waals surface area contributed by atoms with E-state index in [0.717, 1.165) is 25.3 Å². The minimum Gasteiger partial charge on any atom is -0.493 e. The molecule has 1 N–H and O–H groups in total. The van der Waals surface area contributed by atoms with Gasteiger partial charge in [-0.2, -0.15) is 0 Å². The van der Waals surface area contributed by atoms with Gasteiger partial charge in [0.15, 0.2) is 18.1 Å². The predicted octanol–water partition coefficient (Wildman–Crippen LogP) is 3.10. The van der Waals surface area contributed by atoms with Gasteiger partial charge in [0.05, 0.1) is 24.7 Å². The maximum atomic E-state index is 12.4. The quantitative estimate of drug-likeness (QED) is 0.399. The number of hydrogen-bond acceptors (Lipinski definition) is 7. The summed E-state index contributed by atoms with van der Waals surface area (Å²) in [4.78, 5) is 35.3. The first-order valence-electron chi connectivity index (χ1n) is 9.74. The average molecular weight is 408 g/mol. The van der Waals surface area contributed by atoms with Gasteiger partial charge in [-0.1, -0.05) is 26.7 Å². The summed E-state index contributed by atoms with van der Waals surface area (Å²) in [5.74, 6) is -0.239. The Morgan fingerprint density at radius 2 is 1.97 bits per heavy atom. The van der Waals surface area contributed by atoms with Crippen LogP contribution in [0.15, 0.2) is 12.1 Å². The molecule has 3 atom stereocenters. The van der Waals surface area contributed by atoms with Crippen LogP contribution >= 0.6 is 0 Å². The SMILES string of the molecule is CCOc1cc(C(=O)OCC(=O)N[C@@H]2CCC[C@H](C)[C@@H]2C)c([N+](=O)[O-])cc1OC. The largest absolute Gasteiger partial charge is 0.493 e. The first-order chi connectivity index (χ1) is 13.8. The third-order valence-corrected chi connectivity index (χ3v) is 5.39. The van der Waals surface area contributed by atoms with Crippen LogP contribution in [0.3, 0.4) is 0 Å². The number of nitro benzene ring substituents is 1. The maximum Gasteiger partial charge on any atom is 0.345 e. The zero-order chi connectivity index (χ0) is 21.6. The third-order valence-electron chi connectivity index (χ3n) is 5.39. The van der Waals surface area contributed by atoms with Gasteiger partial charge in [-0.05, 0) is 25.2 Å². The van der Waals surface area contributed by atoms with Crippen molar-refractivity contribution in [2.45, 2.75) is 46.1 Å². The van der Waals surface area contributed by atoms with Crippen molar-refractivity contribution >= 4 is 17.6 Å². The highest BCUT2D eigenvalue weighted by atomic mass is 16.6. The van der Waals surface area contributed by atoms with Crippen molar-refractivity contribution < 1.29 is 28.7 Å². The number of methoxy groups -OCH3 is 1. The zero-order valence-electron chi connectivity index (χ0n) is 17.2. The lowest BCUT2D eigenvalue weighted by molar-refractivity contribution is -0.385. The Bertz CT molecular complexity index is 765. The molecule has 1 aromatic rings. The monoisotopic (exact) mass is 408 g/mol. The number of nitrogens with zero attached hydrogens (tertiary/aromatic N) is 1. The number of carbonyl (C=O) groups excluding carboxylic acids is 2. The van der Waals surface area contributed by atoms with Gasteiger partial charge in [0.2, 0.25) is 0 Å². The van der Waals surface area contributed by atoms with Gasteiger partial charge < -0.3 is 19.5 Å². The smallest absolute Gasteiger partial charge is 0.345 e. The molecule has 0 spiro atoms. The number of ether oxygens (including phenoxy) is 3. The van der Waals surface area contributed by atoms with E-state index in [-0.39, 0.29) is 29.7 Å². The van der Waals surface area contributed by atoms with Crippen molar-refractivity contribution in [2.75, 3.05) is 20.3 Å². The molecule has 1 aliphatic carbocycles. The van der Waals surface area contributed by atoms with Crippen LogP contribution in [0.25, 0.3) is 0 Å². The summed E-state index contributed by atoms with van der Waals surface area (Å²) < 4.78 is 15.5. The van der Waals surface area contributed by atoms with Gasteiger partial charge in [0, 0.05) is 12.1 Å². The number of nitrogens with one attached hydrogen (secondary N) is 1. The average Bonchev–Trinajstić information content (AvgIpc) is 2.69. The summed E-state index contributed by atoms with van der Waals surface area (Å²) in [6.07, 6.45) is 3.05. The van der Waals surface area contributed by atoms with E-state index < -0.39 is 29.1 Å². The van der Waals surface area contributed by atoms with Crippen LogP contribution in [0.2, 0.25) is 0 Å². The first-order valence-corrected chi connectivity index (χ1v) is 9.74.